The molecule has 1 aliphatic heterocycles. The summed E-state index contributed by atoms with van der Waals surface area (Å²) >= 11 is 0. The summed E-state index contributed by atoms with van der Waals surface area (Å²) in [5.74, 6) is 1.60. The highest BCUT2D eigenvalue weighted by Crippen LogP contribution is 2.27. The molecule has 1 atom stereocenters. The van der Waals surface area contributed by atoms with E-state index in [0.717, 1.165) is 35.3 Å². The third-order valence-electron chi connectivity index (χ3n) is 3.54. The van der Waals surface area contributed by atoms with E-state index in [1.807, 2.05) is 30.5 Å². The summed E-state index contributed by atoms with van der Waals surface area (Å²) in [6, 6.07) is 8.09. The predicted octanol–water partition coefficient (Wildman–Crippen LogP) is 2.72. The molecular weight excluding hydrogens is 242 g/mol. The standard InChI is InChI=1S/C14H13N3O2/c1-2-12-9(3-5-15-12)7-10(1)14-16-13(17-19-14)11-4-6-18-8-11/h1-3,5,7,11,15H,4,6,8H2. The Morgan fingerprint density at radius 2 is 2.26 bits per heavy atom. The van der Waals surface area contributed by atoms with Crippen molar-refractivity contribution in [2.45, 2.75) is 12.3 Å². The minimum Gasteiger partial charge on any atom is -0.381 e. The fraction of sp³-hybridized carbons (Fsp3) is 0.286. The van der Waals surface area contributed by atoms with Gasteiger partial charge >= 0.3 is 0 Å². The first-order valence-corrected chi connectivity index (χ1v) is 6.39. The van der Waals surface area contributed by atoms with Crippen molar-refractivity contribution in [1.82, 2.24) is 15.1 Å². The zero-order valence-electron chi connectivity index (χ0n) is 10.3. The molecule has 19 heavy (non-hydrogen) atoms. The second-order valence-corrected chi connectivity index (χ2v) is 4.80. The normalized spacial score (nSPS) is 19.3. The molecule has 0 radical (unpaired) electrons. The molecule has 1 N–H and O–H groups in total. The zero-order valence-corrected chi connectivity index (χ0v) is 10.3. The average molecular weight is 255 g/mol. The Bertz CT molecular complexity index is 710. The number of rotatable bonds is 2. The van der Waals surface area contributed by atoms with Crippen LogP contribution < -0.4 is 0 Å². The Labute approximate surface area is 109 Å². The first kappa shape index (κ1) is 10.8. The Morgan fingerprint density at radius 1 is 1.26 bits per heavy atom. The van der Waals surface area contributed by atoms with Gasteiger partial charge in [0.1, 0.15) is 0 Å². The van der Waals surface area contributed by atoms with Crippen LogP contribution in [0.5, 0.6) is 0 Å². The van der Waals surface area contributed by atoms with E-state index in [9.17, 15) is 0 Å². The second kappa shape index (κ2) is 4.20. The lowest BCUT2D eigenvalue weighted by molar-refractivity contribution is 0.192. The zero-order chi connectivity index (χ0) is 12.7. The molecule has 0 aliphatic carbocycles. The molecule has 0 bridgehead atoms. The number of hydrogen-bond donors (Lipinski definition) is 1. The van der Waals surface area contributed by atoms with Crippen molar-refractivity contribution in [2.75, 3.05) is 13.2 Å². The molecule has 1 saturated heterocycles. The van der Waals surface area contributed by atoms with Gasteiger partial charge in [0.05, 0.1) is 6.61 Å². The van der Waals surface area contributed by atoms with Crippen molar-refractivity contribution >= 4 is 10.9 Å². The molecule has 3 aromatic rings. The van der Waals surface area contributed by atoms with Gasteiger partial charge in [-0.05, 0) is 30.7 Å². The lowest BCUT2D eigenvalue weighted by Crippen LogP contribution is -1.99. The van der Waals surface area contributed by atoms with Crippen LogP contribution in [0.1, 0.15) is 18.2 Å². The number of aromatic amines is 1. The molecule has 4 rings (SSSR count). The number of aromatic nitrogens is 3. The van der Waals surface area contributed by atoms with E-state index in [1.54, 1.807) is 0 Å². The highest BCUT2D eigenvalue weighted by molar-refractivity contribution is 5.83. The Hall–Kier alpha value is -2.14. The van der Waals surface area contributed by atoms with Gasteiger partial charge in [-0.25, -0.2) is 0 Å². The number of nitrogens with zero attached hydrogens (tertiary/aromatic N) is 2. The molecule has 0 saturated carbocycles. The van der Waals surface area contributed by atoms with Crippen LogP contribution in [0.15, 0.2) is 35.0 Å². The van der Waals surface area contributed by atoms with Crippen LogP contribution in [0.3, 0.4) is 0 Å². The minimum atomic E-state index is 0.272. The third-order valence-corrected chi connectivity index (χ3v) is 3.54. The van der Waals surface area contributed by atoms with Gasteiger partial charge in [0.25, 0.3) is 5.89 Å². The first-order chi connectivity index (χ1) is 9.40. The molecule has 5 nitrogen and oxygen atoms in total. The Kier molecular flexibility index (Phi) is 2.38. The molecule has 1 aliphatic rings. The maximum absolute atomic E-state index is 5.36. The fourth-order valence-electron chi connectivity index (χ4n) is 2.44. The van der Waals surface area contributed by atoms with E-state index < -0.39 is 0 Å². The van der Waals surface area contributed by atoms with Gasteiger partial charge < -0.3 is 14.2 Å². The highest BCUT2D eigenvalue weighted by atomic mass is 16.5. The molecule has 2 aromatic heterocycles. The number of nitrogens with one attached hydrogen (secondary N) is 1. The van der Waals surface area contributed by atoms with Crippen LogP contribution in [0, 0.1) is 0 Å². The predicted molar refractivity (Wildman–Crippen MR) is 69.8 cm³/mol. The first-order valence-electron chi connectivity index (χ1n) is 6.39. The van der Waals surface area contributed by atoms with Crippen LogP contribution in [0.25, 0.3) is 22.4 Å². The van der Waals surface area contributed by atoms with E-state index in [2.05, 4.69) is 15.1 Å². The number of H-pyrrole nitrogens is 1. The quantitative estimate of drug-likeness (QED) is 0.764. The smallest absolute Gasteiger partial charge is 0.257 e. The van der Waals surface area contributed by atoms with E-state index in [0.29, 0.717) is 12.5 Å². The topological polar surface area (TPSA) is 63.9 Å². The minimum absolute atomic E-state index is 0.272. The summed E-state index contributed by atoms with van der Waals surface area (Å²) in [6.07, 6.45) is 2.89. The summed E-state index contributed by atoms with van der Waals surface area (Å²) in [5.41, 5.74) is 2.05. The molecule has 1 unspecified atom stereocenters. The number of ether oxygens (including phenoxy) is 1. The Morgan fingerprint density at radius 3 is 3.16 bits per heavy atom. The highest BCUT2D eigenvalue weighted by Gasteiger charge is 2.23. The summed E-state index contributed by atoms with van der Waals surface area (Å²) < 4.78 is 10.7. The van der Waals surface area contributed by atoms with Gasteiger partial charge in [-0.1, -0.05) is 5.16 Å². The Balaban J connectivity index is 1.70. The van der Waals surface area contributed by atoms with Gasteiger partial charge in [-0.3, -0.25) is 0 Å². The molecule has 0 amide bonds. The van der Waals surface area contributed by atoms with Crippen LogP contribution >= 0.6 is 0 Å². The molecule has 5 heteroatoms. The monoisotopic (exact) mass is 255 g/mol. The molecule has 3 heterocycles. The largest absolute Gasteiger partial charge is 0.381 e. The summed E-state index contributed by atoms with van der Waals surface area (Å²) in [7, 11) is 0. The SMILES string of the molecule is c1cc2cc(-c3nc(C4CCOC4)no3)ccc2[nH]1. The van der Waals surface area contributed by atoms with E-state index in [4.69, 9.17) is 9.26 Å². The van der Waals surface area contributed by atoms with Gasteiger partial charge in [-0.2, -0.15) is 4.98 Å². The fourth-order valence-corrected chi connectivity index (χ4v) is 2.44. The molecular formula is C14H13N3O2. The van der Waals surface area contributed by atoms with E-state index >= 15 is 0 Å². The molecule has 0 spiro atoms. The second-order valence-electron chi connectivity index (χ2n) is 4.80. The van der Waals surface area contributed by atoms with Crippen molar-refractivity contribution < 1.29 is 9.26 Å². The van der Waals surface area contributed by atoms with Crippen molar-refractivity contribution in [3.8, 4) is 11.5 Å². The van der Waals surface area contributed by atoms with Crippen LogP contribution in [-0.4, -0.2) is 28.3 Å². The number of fused-ring (bicyclic) bond motifs is 1. The third kappa shape index (κ3) is 1.82. The molecule has 1 fully saturated rings. The summed E-state index contributed by atoms with van der Waals surface area (Å²) in [6.45, 7) is 1.47. The number of benzene rings is 1. The average Bonchev–Trinajstić information content (AvgIpc) is 3.18. The molecule has 1 aromatic carbocycles. The van der Waals surface area contributed by atoms with Gasteiger partial charge in [0.2, 0.25) is 0 Å². The van der Waals surface area contributed by atoms with E-state index in [-0.39, 0.29) is 5.92 Å². The van der Waals surface area contributed by atoms with Crippen LogP contribution in [0.4, 0.5) is 0 Å². The van der Waals surface area contributed by atoms with Crippen LogP contribution in [0.2, 0.25) is 0 Å². The lowest BCUT2D eigenvalue weighted by Gasteiger charge is -1.98. The lowest BCUT2D eigenvalue weighted by atomic mass is 10.1. The summed E-state index contributed by atoms with van der Waals surface area (Å²) in [5, 5.41) is 5.21. The van der Waals surface area contributed by atoms with Crippen LogP contribution in [-0.2, 0) is 4.74 Å². The van der Waals surface area contributed by atoms with E-state index in [1.165, 1.54) is 0 Å². The number of hydrogen-bond acceptors (Lipinski definition) is 4. The maximum Gasteiger partial charge on any atom is 0.257 e. The van der Waals surface area contributed by atoms with Crippen molar-refractivity contribution in [2.24, 2.45) is 0 Å². The van der Waals surface area contributed by atoms with Gasteiger partial charge in [-0.15, -0.1) is 0 Å². The van der Waals surface area contributed by atoms with Crippen molar-refractivity contribution in [1.29, 1.82) is 0 Å². The van der Waals surface area contributed by atoms with Crippen molar-refractivity contribution in [3.05, 3.63) is 36.3 Å². The van der Waals surface area contributed by atoms with Gasteiger partial charge in [0.15, 0.2) is 5.82 Å². The maximum atomic E-state index is 5.36. The van der Waals surface area contributed by atoms with Gasteiger partial charge in [0, 0.05) is 35.2 Å². The van der Waals surface area contributed by atoms with Crippen molar-refractivity contribution in [3.63, 3.8) is 0 Å². The molecule has 96 valence electrons. The summed E-state index contributed by atoms with van der Waals surface area (Å²) in [4.78, 5) is 7.65.